The largest absolute Gasteiger partial charge is 0.395 e. The molecule has 0 atom stereocenters. The van der Waals surface area contributed by atoms with Crippen LogP contribution >= 0.6 is 0 Å². The molecule has 4 heteroatoms. The number of nitrogens with one attached hydrogen (secondary N) is 1. The highest BCUT2D eigenvalue weighted by atomic mass is 16.3. The summed E-state index contributed by atoms with van der Waals surface area (Å²) >= 11 is 0. The lowest BCUT2D eigenvalue weighted by atomic mass is 10.1. The minimum atomic E-state index is 0.144. The number of aromatic amines is 1. The van der Waals surface area contributed by atoms with Crippen molar-refractivity contribution in [3.63, 3.8) is 0 Å². The fraction of sp³-hybridized carbons (Fsp3) is 0.316. The van der Waals surface area contributed by atoms with Crippen LogP contribution < -0.4 is 0 Å². The van der Waals surface area contributed by atoms with E-state index in [4.69, 9.17) is 4.98 Å². The van der Waals surface area contributed by atoms with Crippen molar-refractivity contribution in [3.8, 4) is 0 Å². The predicted octanol–water partition coefficient (Wildman–Crippen LogP) is 3.17. The van der Waals surface area contributed by atoms with Crippen LogP contribution in [-0.4, -0.2) is 33.1 Å². The molecule has 1 aromatic heterocycles. The topological polar surface area (TPSA) is 52.1 Å². The van der Waals surface area contributed by atoms with Crippen LogP contribution in [0.1, 0.15) is 22.5 Å². The van der Waals surface area contributed by atoms with Crippen LogP contribution in [-0.2, 0) is 13.1 Å². The Hall–Kier alpha value is -2.17. The number of aliphatic hydroxyl groups is 1. The Morgan fingerprint density at radius 2 is 1.78 bits per heavy atom. The van der Waals surface area contributed by atoms with Crippen molar-refractivity contribution in [2.24, 2.45) is 0 Å². The molecule has 2 aromatic carbocycles. The summed E-state index contributed by atoms with van der Waals surface area (Å²) in [6.45, 7) is 6.49. The summed E-state index contributed by atoms with van der Waals surface area (Å²) in [7, 11) is 0. The van der Waals surface area contributed by atoms with Gasteiger partial charge in [-0.05, 0) is 42.7 Å². The van der Waals surface area contributed by atoms with E-state index < -0.39 is 0 Å². The second-order valence-corrected chi connectivity index (χ2v) is 6.06. The van der Waals surface area contributed by atoms with Gasteiger partial charge in [0.15, 0.2) is 0 Å². The van der Waals surface area contributed by atoms with Gasteiger partial charge in [-0.25, -0.2) is 4.98 Å². The number of imidazole rings is 1. The van der Waals surface area contributed by atoms with Gasteiger partial charge in [-0.1, -0.05) is 30.3 Å². The molecule has 0 aliphatic rings. The third kappa shape index (κ3) is 3.78. The molecule has 0 unspecified atom stereocenters. The highest BCUT2D eigenvalue weighted by Gasteiger charge is 2.10. The van der Waals surface area contributed by atoms with Crippen molar-refractivity contribution >= 4 is 11.0 Å². The minimum Gasteiger partial charge on any atom is -0.395 e. The van der Waals surface area contributed by atoms with Crippen LogP contribution in [0.4, 0.5) is 0 Å². The molecular formula is C19H23N3O. The van der Waals surface area contributed by atoms with Gasteiger partial charge in [-0.15, -0.1) is 0 Å². The smallest absolute Gasteiger partial charge is 0.121 e. The summed E-state index contributed by atoms with van der Waals surface area (Å²) in [5.74, 6) is 0.939. The number of hydrogen-bond acceptors (Lipinski definition) is 3. The molecule has 0 aliphatic carbocycles. The number of H-pyrrole nitrogens is 1. The normalized spacial score (nSPS) is 11.5. The SMILES string of the molecule is Cc1cc2nc(CN(CCO)Cc3ccccc3)[nH]c2cc1C. The second kappa shape index (κ2) is 6.94. The first kappa shape index (κ1) is 15.7. The Morgan fingerprint density at radius 1 is 1.04 bits per heavy atom. The molecule has 0 saturated heterocycles. The van der Waals surface area contributed by atoms with Crippen molar-refractivity contribution in [3.05, 3.63) is 65.0 Å². The number of aryl methyl sites for hydroxylation is 2. The quantitative estimate of drug-likeness (QED) is 0.735. The number of benzene rings is 2. The fourth-order valence-corrected chi connectivity index (χ4v) is 2.81. The molecule has 120 valence electrons. The Morgan fingerprint density at radius 3 is 2.52 bits per heavy atom. The summed E-state index contributed by atoms with van der Waals surface area (Å²) in [5, 5.41) is 9.33. The summed E-state index contributed by atoms with van der Waals surface area (Å²) in [4.78, 5) is 10.3. The second-order valence-electron chi connectivity index (χ2n) is 6.06. The zero-order valence-corrected chi connectivity index (χ0v) is 13.7. The van der Waals surface area contributed by atoms with Crippen LogP contribution in [0.3, 0.4) is 0 Å². The molecule has 3 aromatic rings. The van der Waals surface area contributed by atoms with Gasteiger partial charge in [-0.2, -0.15) is 0 Å². The van der Waals surface area contributed by atoms with E-state index in [1.165, 1.54) is 16.7 Å². The maximum absolute atomic E-state index is 9.33. The van der Waals surface area contributed by atoms with E-state index in [1.54, 1.807) is 0 Å². The molecule has 0 amide bonds. The highest BCUT2D eigenvalue weighted by Crippen LogP contribution is 2.18. The van der Waals surface area contributed by atoms with Crippen molar-refractivity contribution in [2.45, 2.75) is 26.9 Å². The lowest BCUT2D eigenvalue weighted by Gasteiger charge is -2.20. The number of aliphatic hydroxyl groups excluding tert-OH is 1. The molecular weight excluding hydrogens is 286 g/mol. The minimum absolute atomic E-state index is 0.144. The van der Waals surface area contributed by atoms with E-state index in [2.05, 4.69) is 48.0 Å². The molecule has 0 spiro atoms. The standard InChI is InChI=1S/C19H23N3O/c1-14-10-17-18(11-15(14)2)21-19(20-17)13-22(8-9-23)12-16-6-4-3-5-7-16/h3-7,10-11,23H,8-9,12-13H2,1-2H3,(H,20,21). The summed E-state index contributed by atoms with van der Waals surface area (Å²) < 4.78 is 0. The number of rotatable bonds is 6. The zero-order chi connectivity index (χ0) is 16.2. The van der Waals surface area contributed by atoms with Gasteiger partial charge in [0.1, 0.15) is 5.82 Å². The molecule has 2 N–H and O–H groups in total. The average Bonchev–Trinajstić information content (AvgIpc) is 2.90. The van der Waals surface area contributed by atoms with Crippen molar-refractivity contribution in [2.75, 3.05) is 13.2 Å². The Balaban J connectivity index is 1.79. The van der Waals surface area contributed by atoms with Crippen LogP contribution in [0.2, 0.25) is 0 Å². The number of aromatic nitrogens is 2. The van der Waals surface area contributed by atoms with Crippen LogP contribution in [0.5, 0.6) is 0 Å². The van der Waals surface area contributed by atoms with Crippen molar-refractivity contribution in [1.82, 2.24) is 14.9 Å². The van der Waals surface area contributed by atoms with E-state index in [0.717, 1.165) is 23.4 Å². The van der Waals surface area contributed by atoms with Gasteiger partial charge in [0.05, 0.1) is 24.2 Å². The zero-order valence-electron chi connectivity index (χ0n) is 13.7. The van der Waals surface area contributed by atoms with Crippen molar-refractivity contribution in [1.29, 1.82) is 0 Å². The molecule has 0 saturated carbocycles. The van der Waals surface area contributed by atoms with E-state index in [-0.39, 0.29) is 6.61 Å². The number of nitrogens with zero attached hydrogens (tertiary/aromatic N) is 2. The molecule has 0 bridgehead atoms. The average molecular weight is 309 g/mol. The monoisotopic (exact) mass is 309 g/mol. The fourth-order valence-electron chi connectivity index (χ4n) is 2.81. The van der Waals surface area contributed by atoms with Crippen LogP contribution in [0.15, 0.2) is 42.5 Å². The lowest BCUT2D eigenvalue weighted by Crippen LogP contribution is -2.26. The van der Waals surface area contributed by atoms with Gasteiger partial charge in [-0.3, -0.25) is 4.90 Å². The van der Waals surface area contributed by atoms with Crippen LogP contribution in [0, 0.1) is 13.8 Å². The molecule has 0 fully saturated rings. The molecule has 4 nitrogen and oxygen atoms in total. The molecule has 0 radical (unpaired) electrons. The van der Waals surface area contributed by atoms with Gasteiger partial charge >= 0.3 is 0 Å². The lowest BCUT2D eigenvalue weighted by molar-refractivity contribution is 0.181. The molecule has 0 aliphatic heterocycles. The van der Waals surface area contributed by atoms with Gasteiger partial charge in [0.2, 0.25) is 0 Å². The third-order valence-corrected chi connectivity index (χ3v) is 4.19. The third-order valence-electron chi connectivity index (χ3n) is 4.19. The Bertz CT molecular complexity index is 741. The maximum Gasteiger partial charge on any atom is 0.121 e. The summed E-state index contributed by atoms with van der Waals surface area (Å²) in [5.41, 5.74) is 5.85. The van der Waals surface area contributed by atoms with Gasteiger partial charge in [0.25, 0.3) is 0 Å². The van der Waals surface area contributed by atoms with E-state index in [1.807, 2.05) is 18.2 Å². The molecule has 1 heterocycles. The first-order chi connectivity index (χ1) is 11.2. The predicted molar refractivity (Wildman–Crippen MR) is 93.2 cm³/mol. The Labute approximate surface area is 136 Å². The first-order valence-corrected chi connectivity index (χ1v) is 7.98. The summed E-state index contributed by atoms with van der Waals surface area (Å²) in [6, 6.07) is 14.6. The number of fused-ring (bicyclic) bond motifs is 1. The van der Waals surface area contributed by atoms with E-state index in [9.17, 15) is 5.11 Å². The maximum atomic E-state index is 9.33. The van der Waals surface area contributed by atoms with E-state index >= 15 is 0 Å². The number of hydrogen-bond donors (Lipinski definition) is 2. The molecule has 3 rings (SSSR count). The van der Waals surface area contributed by atoms with Crippen LogP contribution in [0.25, 0.3) is 11.0 Å². The van der Waals surface area contributed by atoms with E-state index in [0.29, 0.717) is 13.1 Å². The van der Waals surface area contributed by atoms with Crippen molar-refractivity contribution < 1.29 is 5.11 Å². The first-order valence-electron chi connectivity index (χ1n) is 7.98. The summed E-state index contributed by atoms with van der Waals surface area (Å²) in [6.07, 6.45) is 0. The Kier molecular flexibility index (Phi) is 4.74. The van der Waals surface area contributed by atoms with Gasteiger partial charge in [0, 0.05) is 13.1 Å². The highest BCUT2D eigenvalue weighted by molar-refractivity contribution is 5.77. The van der Waals surface area contributed by atoms with Gasteiger partial charge < -0.3 is 10.1 Å². The molecule has 23 heavy (non-hydrogen) atoms.